The molecule has 2 atom stereocenters. The first-order valence-electron chi connectivity index (χ1n) is 11.3. The molecule has 0 saturated heterocycles. The Morgan fingerprint density at radius 2 is 0.865 bits per heavy atom. The highest BCUT2D eigenvalue weighted by molar-refractivity contribution is 7.96. The van der Waals surface area contributed by atoms with Gasteiger partial charge in [-0.25, -0.2) is 17.2 Å². The molecule has 7 heteroatoms. The van der Waals surface area contributed by atoms with Gasteiger partial charge in [-0.3, -0.25) is 0 Å². The van der Waals surface area contributed by atoms with Crippen molar-refractivity contribution in [3.8, 4) is 0 Å². The molecule has 0 amide bonds. The number of sulfone groups is 1. The maximum absolute atomic E-state index is 14.5. The van der Waals surface area contributed by atoms with E-state index in [1.807, 2.05) is 12.1 Å². The molecule has 0 radical (unpaired) electrons. The first-order chi connectivity index (χ1) is 17.7. The molecule has 4 rings (SSSR count). The van der Waals surface area contributed by atoms with Gasteiger partial charge in [0, 0.05) is 0 Å². The minimum atomic E-state index is -4.62. The molecule has 0 aliphatic carbocycles. The summed E-state index contributed by atoms with van der Waals surface area (Å²) in [4.78, 5) is 0. The maximum atomic E-state index is 14.5. The summed E-state index contributed by atoms with van der Waals surface area (Å²) in [7, 11) is -4.62. The normalized spacial score (nSPS) is 15.5. The highest BCUT2D eigenvalue weighted by Gasteiger charge is 2.54. The van der Waals surface area contributed by atoms with Crippen molar-refractivity contribution in [2.24, 2.45) is 0 Å². The van der Waals surface area contributed by atoms with Crippen LogP contribution in [0.15, 0.2) is 121 Å². The summed E-state index contributed by atoms with van der Waals surface area (Å²) in [6.45, 7) is 0. The quantitative estimate of drug-likeness (QED) is 0.205. The van der Waals surface area contributed by atoms with Crippen molar-refractivity contribution in [2.75, 3.05) is 0 Å². The van der Waals surface area contributed by atoms with E-state index in [0.717, 1.165) is 24.3 Å². The second-order valence-corrected chi connectivity index (χ2v) is 12.2. The van der Waals surface area contributed by atoms with Crippen molar-refractivity contribution in [1.29, 1.82) is 0 Å². The lowest BCUT2D eigenvalue weighted by Gasteiger charge is -2.34. The van der Waals surface area contributed by atoms with Gasteiger partial charge in [0.25, 0.3) is 0 Å². The molecule has 0 fully saturated rings. The fourth-order valence-corrected chi connectivity index (χ4v) is 6.83. The SMILES string of the molecule is O=S(=O)(C(Cl)(C=Cc1ccccc1)c1ccc(F)cc1)C(Cl)(C=Cc1ccccc1)c1ccc(F)cc1. The van der Waals surface area contributed by atoms with E-state index < -0.39 is 29.9 Å². The molecule has 0 aromatic heterocycles. The Bertz CT molecular complexity index is 1390. The smallest absolute Gasteiger partial charge is 0.205 e. The lowest BCUT2D eigenvalue weighted by molar-refractivity contribution is 0.572. The monoisotopic (exact) mass is 554 g/mol. The van der Waals surface area contributed by atoms with Crippen LogP contribution in [-0.2, 0) is 18.2 Å². The summed E-state index contributed by atoms with van der Waals surface area (Å²) >= 11 is 14.0. The zero-order valence-electron chi connectivity index (χ0n) is 19.4. The van der Waals surface area contributed by atoms with Gasteiger partial charge in [0.2, 0.25) is 9.84 Å². The second kappa shape index (κ2) is 11.0. The van der Waals surface area contributed by atoms with Gasteiger partial charge in [0.1, 0.15) is 11.6 Å². The number of halogens is 4. The highest BCUT2D eigenvalue weighted by Crippen LogP contribution is 2.50. The Kier molecular flexibility index (Phi) is 7.98. The summed E-state index contributed by atoms with van der Waals surface area (Å²) in [6, 6.07) is 27.7. The fourth-order valence-electron chi connectivity index (χ4n) is 3.79. The van der Waals surface area contributed by atoms with Gasteiger partial charge in [0.05, 0.1) is 0 Å². The van der Waals surface area contributed by atoms with Crippen molar-refractivity contribution in [3.63, 3.8) is 0 Å². The van der Waals surface area contributed by atoms with Gasteiger partial charge in [-0.1, -0.05) is 120 Å². The van der Waals surface area contributed by atoms with Crippen molar-refractivity contribution >= 4 is 45.2 Å². The molecule has 4 aromatic rings. The molecular formula is C30H22Cl2F2O2S. The molecular weight excluding hydrogens is 533 g/mol. The lowest BCUT2D eigenvalue weighted by Crippen LogP contribution is -2.40. The fraction of sp³-hybridized carbons (Fsp3) is 0.0667. The Balaban J connectivity index is 1.95. The van der Waals surface area contributed by atoms with E-state index >= 15 is 0 Å². The largest absolute Gasteiger partial charge is 0.224 e. The third-order valence-corrected chi connectivity index (χ3v) is 10.1. The number of hydrogen-bond donors (Lipinski definition) is 0. The molecule has 0 heterocycles. The molecule has 0 spiro atoms. The second-order valence-electron chi connectivity index (χ2n) is 8.30. The van der Waals surface area contributed by atoms with Gasteiger partial charge in [-0.05, 0) is 58.7 Å². The van der Waals surface area contributed by atoms with E-state index in [2.05, 4.69) is 0 Å². The van der Waals surface area contributed by atoms with E-state index in [4.69, 9.17) is 23.2 Å². The predicted octanol–water partition coefficient (Wildman–Crippen LogP) is 8.29. The van der Waals surface area contributed by atoms with Crippen molar-refractivity contribution < 1.29 is 17.2 Å². The van der Waals surface area contributed by atoms with Gasteiger partial charge in [-0.15, -0.1) is 0 Å². The van der Waals surface area contributed by atoms with Crippen molar-refractivity contribution in [2.45, 2.75) is 8.41 Å². The molecule has 0 saturated carbocycles. The van der Waals surface area contributed by atoms with Gasteiger partial charge in [0.15, 0.2) is 8.41 Å². The average Bonchev–Trinajstić information content (AvgIpc) is 2.92. The summed E-state index contributed by atoms with van der Waals surface area (Å²) < 4.78 is 52.2. The Hall–Kier alpha value is -3.25. The molecule has 2 nitrogen and oxygen atoms in total. The minimum Gasteiger partial charge on any atom is -0.224 e. The summed E-state index contributed by atoms with van der Waals surface area (Å²) in [5, 5.41) is 0. The minimum absolute atomic E-state index is 0.1000. The van der Waals surface area contributed by atoms with Crippen molar-refractivity contribution in [3.05, 3.63) is 155 Å². The van der Waals surface area contributed by atoms with Crippen LogP contribution in [0, 0.1) is 11.6 Å². The maximum Gasteiger partial charge on any atom is 0.205 e. The van der Waals surface area contributed by atoms with Crippen LogP contribution in [0.3, 0.4) is 0 Å². The zero-order valence-corrected chi connectivity index (χ0v) is 21.8. The molecule has 2 unspecified atom stereocenters. The topological polar surface area (TPSA) is 34.1 Å². The molecule has 0 aliphatic heterocycles. The molecule has 0 N–H and O–H groups in total. The molecule has 0 bridgehead atoms. The summed E-state index contributed by atoms with van der Waals surface area (Å²) in [5.41, 5.74) is 1.60. The van der Waals surface area contributed by atoms with Crippen molar-refractivity contribution in [1.82, 2.24) is 0 Å². The summed E-state index contributed by atoms with van der Waals surface area (Å²) in [6.07, 6.45) is 5.78. The van der Waals surface area contributed by atoms with Crippen LogP contribution in [0.1, 0.15) is 22.3 Å². The van der Waals surface area contributed by atoms with Gasteiger partial charge in [-0.2, -0.15) is 0 Å². The Morgan fingerprint density at radius 3 is 1.19 bits per heavy atom. The van der Waals surface area contributed by atoms with Gasteiger partial charge >= 0.3 is 0 Å². The Morgan fingerprint density at radius 1 is 0.541 bits per heavy atom. The molecule has 188 valence electrons. The van der Waals surface area contributed by atoms with Crippen LogP contribution in [0.5, 0.6) is 0 Å². The zero-order chi connectivity index (χ0) is 26.5. The number of rotatable bonds is 8. The van der Waals surface area contributed by atoms with E-state index in [9.17, 15) is 17.2 Å². The van der Waals surface area contributed by atoms with Gasteiger partial charge < -0.3 is 0 Å². The van der Waals surface area contributed by atoms with E-state index in [0.29, 0.717) is 11.1 Å². The predicted molar refractivity (Wildman–Crippen MR) is 148 cm³/mol. The first kappa shape index (κ1) is 26.8. The number of alkyl halides is 2. The third-order valence-electron chi connectivity index (χ3n) is 5.84. The van der Waals surface area contributed by atoms with Crippen LogP contribution in [0.2, 0.25) is 0 Å². The Labute approximate surface area is 225 Å². The molecule has 0 aliphatic rings. The van der Waals surface area contributed by atoms with Crippen LogP contribution in [0.4, 0.5) is 8.78 Å². The lowest BCUT2D eigenvalue weighted by atomic mass is 10.1. The first-order valence-corrected chi connectivity index (χ1v) is 13.5. The highest BCUT2D eigenvalue weighted by atomic mass is 35.5. The van der Waals surface area contributed by atoms with Crippen LogP contribution in [-0.4, -0.2) is 8.42 Å². The molecule has 37 heavy (non-hydrogen) atoms. The average molecular weight is 555 g/mol. The van der Waals surface area contributed by atoms with E-state index in [1.54, 1.807) is 60.7 Å². The number of benzene rings is 4. The number of hydrogen-bond acceptors (Lipinski definition) is 2. The van der Waals surface area contributed by atoms with Crippen LogP contribution in [0.25, 0.3) is 12.2 Å². The van der Waals surface area contributed by atoms with E-state index in [1.165, 1.54) is 36.4 Å². The van der Waals surface area contributed by atoms with Crippen LogP contribution < -0.4 is 0 Å². The standard InChI is InChI=1S/C30H22Cl2F2O2S/c31-29(25-11-15-27(33)16-12-25,21-19-23-7-3-1-4-8-23)37(35,36)30(32,26-13-17-28(34)18-14-26)22-20-24-9-5-2-6-10-24/h1-22H. The van der Waals surface area contributed by atoms with E-state index in [-0.39, 0.29) is 11.1 Å². The third kappa shape index (κ3) is 5.54. The summed E-state index contributed by atoms with van der Waals surface area (Å²) in [5.74, 6) is -1.10. The molecule has 4 aromatic carbocycles. The van der Waals surface area contributed by atoms with Crippen LogP contribution >= 0.6 is 23.2 Å².